The molecule has 0 aliphatic carbocycles. The number of Topliss-reactive ketones (excluding diaryl/α,β-unsaturated/α-hetero) is 1. The molecule has 42 heavy (non-hydrogen) atoms. The monoisotopic (exact) mass is 617 g/mol. The van der Waals surface area contributed by atoms with Crippen LogP contribution in [0.3, 0.4) is 0 Å². The Morgan fingerprint density at radius 3 is 2.40 bits per heavy atom. The number of amides is 1. The lowest BCUT2D eigenvalue weighted by Gasteiger charge is -2.44. The lowest BCUT2D eigenvalue weighted by molar-refractivity contribution is -0.139. The van der Waals surface area contributed by atoms with Crippen LogP contribution in [0, 0.1) is 5.82 Å². The van der Waals surface area contributed by atoms with Crippen LogP contribution in [0.4, 0.5) is 4.39 Å². The summed E-state index contributed by atoms with van der Waals surface area (Å²) in [7, 11) is -2.79. The molecular formula is C30H33ClFN3O6S. The van der Waals surface area contributed by atoms with Gasteiger partial charge >= 0.3 is 0 Å². The molecule has 224 valence electrons. The highest BCUT2D eigenvalue weighted by molar-refractivity contribution is 7.89. The zero-order valence-corrected chi connectivity index (χ0v) is 25.1. The van der Waals surface area contributed by atoms with Crippen LogP contribution in [-0.4, -0.2) is 68.8 Å². The number of benzene rings is 3. The molecule has 2 atom stereocenters. The van der Waals surface area contributed by atoms with Crippen molar-refractivity contribution in [3.63, 3.8) is 0 Å². The number of methoxy groups -OCH3 is 1. The molecule has 1 heterocycles. The van der Waals surface area contributed by atoms with E-state index in [-0.39, 0.29) is 53.0 Å². The number of ketones is 1. The van der Waals surface area contributed by atoms with Crippen molar-refractivity contribution in [3.8, 4) is 11.5 Å². The Kier molecular flexibility index (Phi) is 9.88. The van der Waals surface area contributed by atoms with E-state index in [9.17, 15) is 22.4 Å². The molecule has 0 saturated carbocycles. The van der Waals surface area contributed by atoms with Gasteiger partial charge in [-0.05, 0) is 67.9 Å². The summed E-state index contributed by atoms with van der Waals surface area (Å²) in [6, 6.07) is 15.0. The first-order chi connectivity index (χ1) is 19.8. The summed E-state index contributed by atoms with van der Waals surface area (Å²) >= 11 is 6.20. The topological polar surface area (TPSA) is 119 Å². The van der Waals surface area contributed by atoms with Gasteiger partial charge in [-0.15, -0.1) is 0 Å². The molecule has 1 aliphatic rings. The fraction of sp³-hybridized carbons (Fsp3) is 0.333. The molecule has 0 aromatic heterocycles. The van der Waals surface area contributed by atoms with Gasteiger partial charge in [0.15, 0.2) is 12.4 Å². The number of nitrogens with zero attached hydrogens (tertiary/aromatic N) is 2. The quantitative estimate of drug-likeness (QED) is 0.341. The van der Waals surface area contributed by atoms with Crippen molar-refractivity contribution >= 4 is 33.3 Å². The first-order valence-corrected chi connectivity index (χ1v) is 15.2. The van der Waals surface area contributed by atoms with Crippen LogP contribution < -0.4 is 14.6 Å². The third-order valence-electron chi connectivity index (χ3n) is 7.25. The third-order valence-corrected chi connectivity index (χ3v) is 8.46. The Balaban J connectivity index is 1.44. The summed E-state index contributed by atoms with van der Waals surface area (Å²) in [6.07, 6.45) is -0.255. The fourth-order valence-electron chi connectivity index (χ4n) is 5.01. The number of rotatable bonds is 10. The number of hydrogen-bond acceptors (Lipinski definition) is 7. The van der Waals surface area contributed by atoms with Gasteiger partial charge in [0.2, 0.25) is 10.0 Å². The van der Waals surface area contributed by atoms with Crippen LogP contribution in [0.2, 0.25) is 5.02 Å². The maximum atomic E-state index is 13.3. The molecule has 0 bridgehead atoms. The van der Waals surface area contributed by atoms with Crippen LogP contribution >= 0.6 is 11.6 Å². The number of ether oxygens (including phenoxy) is 2. The van der Waals surface area contributed by atoms with Crippen molar-refractivity contribution < 1.29 is 31.9 Å². The Bertz CT molecular complexity index is 1570. The molecule has 0 unspecified atom stereocenters. The summed E-state index contributed by atoms with van der Waals surface area (Å²) < 4.78 is 48.5. The molecule has 1 fully saturated rings. The molecular weight excluding hydrogens is 585 g/mol. The van der Waals surface area contributed by atoms with Gasteiger partial charge in [-0.3, -0.25) is 14.5 Å². The molecule has 1 saturated heterocycles. The molecule has 0 radical (unpaired) electrons. The highest BCUT2D eigenvalue weighted by Gasteiger charge is 2.32. The zero-order chi connectivity index (χ0) is 30.6. The van der Waals surface area contributed by atoms with Crippen LogP contribution in [-0.2, 0) is 27.8 Å². The molecule has 3 aromatic carbocycles. The number of sulfonamides is 1. The van der Waals surface area contributed by atoms with Gasteiger partial charge in [0.1, 0.15) is 17.3 Å². The zero-order valence-electron chi connectivity index (χ0n) is 23.5. The average Bonchev–Trinajstić information content (AvgIpc) is 2.94. The molecule has 2 N–H and O–H groups in total. The minimum Gasteiger partial charge on any atom is -0.497 e. The number of carbonyl (C=O) groups excluding carboxylic acids is 2. The number of hydrogen-bond donors (Lipinski definition) is 1. The Hall–Kier alpha value is -3.51. The predicted octanol–water partition coefficient (Wildman–Crippen LogP) is 4.06. The normalized spacial score (nSPS) is 17.6. The number of nitrogens with two attached hydrogens (primary N) is 1. The maximum Gasteiger partial charge on any atom is 0.260 e. The van der Waals surface area contributed by atoms with E-state index in [1.54, 1.807) is 29.2 Å². The van der Waals surface area contributed by atoms with Crippen LogP contribution in [0.1, 0.15) is 35.3 Å². The van der Waals surface area contributed by atoms with Crippen molar-refractivity contribution in [1.82, 2.24) is 9.80 Å². The van der Waals surface area contributed by atoms with Gasteiger partial charge in [0.25, 0.3) is 5.91 Å². The molecule has 12 heteroatoms. The highest BCUT2D eigenvalue weighted by atomic mass is 35.5. The average molecular weight is 618 g/mol. The number of primary sulfonamides is 1. The molecule has 9 nitrogen and oxygen atoms in total. The fourth-order valence-corrected chi connectivity index (χ4v) is 5.94. The van der Waals surface area contributed by atoms with Gasteiger partial charge < -0.3 is 14.4 Å². The largest absolute Gasteiger partial charge is 0.497 e. The van der Waals surface area contributed by atoms with E-state index in [0.29, 0.717) is 36.0 Å². The van der Waals surface area contributed by atoms with Gasteiger partial charge in [-0.1, -0.05) is 23.7 Å². The van der Waals surface area contributed by atoms with Crippen LogP contribution in [0.25, 0.3) is 0 Å². The molecule has 3 aromatic rings. The van der Waals surface area contributed by atoms with E-state index in [0.717, 1.165) is 5.56 Å². The highest BCUT2D eigenvalue weighted by Crippen LogP contribution is 2.28. The summed E-state index contributed by atoms with van der Waals surface area (Å²) in [4.78, 5) is 30.2. The van der Waals surface area contributed by atoms with Crippen LogP contribution in [0.15, 0.2) is 65.6 Å². The van der Waals surface area contributed by atoms with E-state index < -0.39 is 15.8 Å². The molecule has 1 amide bonds. The summed E-state index contributed by atoms with van der Waals surface area (Å²) in [5, 5.41) is 5.68. The molecule has 4 rings (SSSR count). The van der Waals surface area contributed by atoms with E-state index in [1.165, 1.54) is 43.5 Å². The smallest absolute Gasteiger partial charge is 0.260 e. The lowest BCUT2D eigenvalue weighted by Crippen LogP contribution is -2.58. The summed E-state index contributed by atoms with van der Waals surface area (Å²) in [6.45, 7) is 5.51. The maximum absolute atomic E-state index is 13.3. The van der Waals surface area contributed by atoms with E-state index in [4.69, 9.17) is 26.2 Å². The summed E-state index contributed by atoms with van der Waals surface area (Å²) in [5.74, 6) is -0.474. The second kappa shape index (κ2) is 13.2. The van der Waals surface area contributed by atoms with Gasteiger partial charge in [-0.2, -0.15) is 0 Å². The lowest BCUT2D eigenvalue weighted by atomic mass is 10.0. The van der Waals surface area contributed by atoms with Crippen molar-refractivity contribution in [3.05, 3.63) is 88.2 Å². The second-order valence-electron chi connectivity index (χ2n) is 10.3. The van der Waals surface area contributed by atoms with Gasteiger partial charge in [0.05, 0.1) is 12.0 Å². The minimum atomic E-state index is -4.18. The van der Waals surface area contributed by atoms with E-state index in [2.05, 4.69) is 4.90 Å². The van der Waals surface area contributed by atoms with E-state index >= 15 is 0 Å². The van der Waals surface area contributed by atoms with Crippen molar-refractivity contribution in [2.45, 2.75) is 43.8 Å². The van der Waals surface area contributed by atoms with Crippen molar-refractivity contribution in [2.24, 2.45) is 5.14 Å². The molecule has 0 spiro atoms. The third kappa shape index (κ3) is 7.65. The van der Waals surface area contributed by atoms with Crippen molar-refractivity contribution in [2.75, 3.05) is 26.8 Å². The minimum absolute atomic E-state index is 0.0646. The van der Waals surface area contributed by atoms with Gasteiger partial charge in [0, 0.05) is 54.3 Å². The standard InChI is InChI=1S/C30H33ClFN3O6S/c1-19-16-35(20(2)15-34(19)17-21-4-7-24(32)8-5-21)30(37)18-41-28-10-6-23(31)12-22(28)13-27(36)26-14-25(40-3)9-11-29(26)42(33,38)39/h4-12,14,19-20H,13,15-18H2,1-3H3,(H2,33,38,39)/t19-,20+/m0/s1. The number of carbonyl (C=O) groups is 2. The number of piperazine rings is 1. The first kappa shape index (κ1) is 31.4. The molecule has 1 aliphatic heterocycles. The van der Waals surface area contributed by atoms with Crippen LogP contribution in [0.5, 0.6) is 11.5 Å². The summed E-state index contributed by atoms with van der Waals surface area (Å²) in [5.41, 5.74) is 1.25. The predicted molar refractivity (Wildman–Crippen MR) is 157 cm³/mol. The van der Waals surface area contributed by atoms with Gasteiger partial charge in [-0.25, -0.2) is 17.9 Å². The number of halogens is 2. The van der Waals surface area contributed by atoms with Crippen molar-refractivity contribution in [1.29, 1.82) is 0 Å². The first-order valence-electron chi connectivity index (χ1n) is 13.3. The van der Waals surface area contributed by atoms with E-state index in [1.807, 2.05) is 13.8 Å². The SMILES string of the molecule is COc1ccc(S(N)(=O)=O)c(C(=O)Cc2cc(Cl)ccc2OCC(=O)N2C[C@H](C)N(Cc3ccc(F)cc3)C[C@H]2C)c1. The Morgan fingerprint density at radius 1 is 1.02 bits per heavy atom. The Morgan fingerprint density at radius 2 is 1.74 bits per heavy atom. The second-order valence-corrected chi connectivity index (χ2v) is 12.3. The Labute approximate surface area is 250 Å².